The lowest BCUT2D eigenvalue weighted by Gasteiger charge is -2.27. The first kappa shape index (κ1) is 8.80. The number of halogens is 3. The normalized spacial score (nSPS) is 22.1. The highest BCUT2D eigenvalue weighted by Crippen LogP contribution is 2.20. The molecule has 5 heteroatoms. The zero-order valence-corrected chi connectivity index (χ0v) is 5.99. The van der Waals surface area contributed by atoms with Crippen LogP contribution in [0.4, 0.5) is 13.2 Å². The van der Waals surface area contributed by atoms with Gasteiger partial charge in [0, 0.05) is 26.2 Å². The second kappa shape index (κ2) is 3.40. The lowest BCUT2D eigenvalue weighted by Crippen LogP contribution is -2.44. The summed E-state index contributed by atoms with van der Waals surface area (Å²) >= 11 is 0. The van der Waals surface area contributed by atoms with Gasteiger partial charge in [-0.25, -0.2) is 0 Å². The minimum Gasteiger partial charge on any atom is -0.314 e. The molecule has 0 aromatic rings. The van der Waals surface area contributed by atoms with Crippen LogP contribution in [0.5, 0.6) is 0 Å². The second-order valence-electron chi connectivity index (χ2n) is 2.46. The molecule has 0 aliphatic carbocycles. The Morgan fingerprint density at radius 3 is 2.18 bits per heavy atom. The molecule has 1 N–H and O–H groups in total. The molecule has 1 rings (SSSR count). The summed E-state index contributed by atoms with van der Waals surface area (Å²) in [5.41, 5.74) is 0. The second-order valence-corrected chi connectivity index (χ2v) is 2.46. The molecule has 0 aromatic heterocycles. The molecule has 0 spiro atoms. The van der Waals surface area contributed by atoms with Gasteiger partial charge < -0.3 is 5.32 Å². The van der Waals surface area contributed by atoms with E-state index in [1.807, 2.05) is 0 Å². The van der Waals surface area contributed by atoms with Gasteiger partial charge in [0.15, 0.2) is 0 Å². The van der Waals surface area contributed by atoms with Crippen molar-refractivity contribution in [2.45, 2.75) is 6.18 Å². The molecule has 1 aliphatic heterocycles. The average Bonchev–Trinajstić information content (AvgIpc) is 1.85. The van der Waals surface area contributed by atoms with E-state index in [9.17, 15) is 13.2 Å². The summed E-state index contributed by atoms with van der Waals surface area (Å²) in [6.45, 7) is 2.49. The van der Waals surface area contributed by atoms with Crippen LogP contribution in [0.25, 0.3) is 0 Å². The maximum atomic E-state index is 11.7. The van der Waals surface area contributed by atoms with Crippen molar-refractivity contribution in [3.05, 3.63) is 6.54 Å². The van der Waals surface area contributed by atoms with Gasteiger partial charge in [0.25, 0.3) is 0 Å². The van der Waals surface area contributed by atoms with E-state index in [1.165, 1.54) is 4.90 Å². The van der Waals surface area contributed by atoms with Gasteiger partial charge >= 0.3 is 6.18 Å². The summed E-state index contributed by atoms with van der Waals surface area (Å²) in [7, 11) is 0. The Kier molecular flexibility index (Phi) is 2.72. The fraction of sp³-hybridized carbons (Fsp3) is 0.833. The first-order valence-electron chi connectivity index (χ1n) is 3.45. The van der Waals surface area contributed by atoms with Crippen molar-refractivity contribution >= 4 is 0 Å². The monoisotopic (exact) mass is 167 g/mol. The Morgan fingerprint density at radius 1 is 1.18 bits per heavy atom. The maximum Gasteiger partial charge on any atom is 0.405 e. The van der Waals surface area contributed by atoms with Crippen LogP contribution in [0.15, 0.2) is 0 Å². The first-order chi connectivity index (χ1) is 5.08. The molecule has 1 saturated heterocycles. The minimum absolute atomic E-state index is 0.341. The van der Waals surface area contributed by atoms with Gasteiger partial charge in [-0.1, -0.05) is 0 Å². The summed E-state index contributed by atoms with van der Waals surface area (Å²) < 4.78 is 35.2. The van der Waals surface area contributed by atoms with Crippen LogP contribution >= 0.6 is 0 Å². The van der Waals surface area contributed by atoms with Crippen LogP contribution in [-0.4, -0.2) is 37.3 Å². The van der Waals surface area contributed by atoms with E-state index in [4.69, 9.17) is 0 Å². The van der Waals surface area contributed by atoms with Crippen molar-refractivity contribution in [2.24, 2.45) is 0 Å². The van der Waals surface area contributed by atoms with E-state index in [-0.39, 0.29) is 0 Å². The number of nitrogens with zero attached hydrogens (tertiary/aromatic N) is 1. The topological polar surface area (TPSA) is 15.3 Å². The predicted octanol–water partition coefficient (Wildman–Crippen LogP) is 0.616. The fourth-order valence-corrected chi connectivity index (χ4v) is 1.02. The molecule has 0 saturated carbocycles. The third kappa shape index (κ3) is 3.57. The van der Waals surface area contributed by atoms with Gasteiger partial charge in [0.2, 0.25) is 0 Å². The zero-order chi connectivity index (χ0) is 8.32. The van der Waals surface area contributed by atoms with Crippen molar-refractivity contribution in [3.8, 4) is 0 Å². The van der Waals surface area contributed by atoms with Crippen LogP contribution in [0, 0.1) is 6.54 Å². The molecule has 11 heavy (non-hydrogen) atoms. The molecule has 0 amide bonds. The van der Waals surface area contributed by atoms with Gasteiger partial charge in [-0.15, -0.1) is 0 Å². The van der Waals surface area contributed by atoms with E-state index in [2.05, 4.69) is 5.32 Å². The Morgan fingerprint density at radius 2 is 1.73 bits per heavy atom. The molecule has 0 unspecified atom stereocenters. The number of piperazine rings is 1. The molecule has 1 heterocycles. The van der Waals surface area contributed by atoms with Gasteiger partial charge in [0.05, 0.1) is 0 Å². The van der Waals surface area contributed by atoms with Crippen LogP contribution in [0.2, 0.25) is 0 Å². The van der Waals surface area contributed by atoms with Crippen LogP contribution in [-0.2, 0) is 0 Å². The maximum absolute atomic E-state index is 11.7. The van der Waals surface area contributed by atoms with Crippen molar-refractivity contribution in [1.82, 2.24) is 10.2 Å². The summed E-state index contributed by atoms with van der Waals surface area (Å²) in [4.78, 5) is 1.29. The Labute approximate surface area is 63.4 Å². The number of alkyl halides is 3. The average molecular weight is 167 g/mol. The molecular weight excluding hydrogens is 157 g/mol. The summed E-state index contributed by atoms with van der Waals surface area (Å²) in [5, 5.41) is 2.97. The number of hydrogen-bond acceptors (Lipinski definition) is 2. The highest BCUT2D eigenvalue weighted by molar-refractivity contribution is 4.79. The molecule has 1 fully saturated rings. The third-order valence-corrected chi connectivity index (χ3v) is 1.48. The predicted molar refractivity (Wildman–Crippen MR) is 34.8 cm³/mol. The van der Waals surface area contributed by atoms with Crippen LogP contribution < -0.4 is 5.32 Å². The SMILES string of the molecule is FC(F)(F)[CH]N1CCNCC1. The molecular formula is C6H10F3N2. The molecule has 0 atom stereocenters. The Hall–Kier alpha value is -0.290. The number of hydrogen-bond donors (Lipinski definition) is 1. The zero-order valence-electron chi connectivity index (χ0n) is 5.99. The van der Waals surface area contributed by atoms with E-state index in [1.54, 1.807) is 0 Å². The van der Waals surface area contributed by atoms with E-state index < -0.39 is 6.18 Å². The highest BCUT2D eigenvalue weighted by Gasteiger charge is 2.31. The van der Waals surface area contributed by atoms with E-state index >= 15 is 0 Å². The molecule has 2 nitrogen and oxygen atoms in total. The largest absolute Gasteiger partial charge is 0.405 e. The lowest BCUT2D eigenvalue weighted by molar-refractivity contribution is -0.117. The third-order valence-electron chi connectivity index (χ3n) is 1.48. The Bertz CT molecular complexity index is 117. The summed E-state index contributed by atoms with van der Waals surface area (Å²) in [6, 6.07) is 0. The first-order valence-corrected chi connectivity index (χ1v) is 3.45. The fourth-order valence-electron chi connectivity index (χ4n) is 1.02. The summed E-state index contributed by atoms with van der Waals surface area (Å²) in [6.07, 6.45) is -4.17. The van der Waals surface area contributed by atoms with Gasteiger partial charge in [-0.05, 0) is 0 Å². The highest BCUT2D eigenvalue weighted by atomic mass is 19.4. The van der Waals surface area contributed by atoms with Crippen LogP contribution in [0.1, 0.15) is 0 Å². The molecule has 65 valence electrons. The minimum atomic E-state index is -4.17. The lowest BCUT2D eigenvalue weighted by atomic mass is 10.3. The van der Waals surface area contributed by atoms with Crippen LogP contribution in [0.3, 0.4) is 0 Å². The Balaban J connectivity index is 2.24. The van der Waals surface area contributed by atoms with Crippen molar-refractivity contribution in [2.75, 3.05) is 26.2 Å². The molecule has 1 radical (unpaired) electrons. The quantitative estimate of drug-likeness (QED) is 0.615. The molecule has 0 aromatic carbocycles. The van der Waals surface area contributed by atoms with Gasteiger partial charge in [-0.3, -0.25) is 4.90 Å². The number of rotatable bonds is 1. The number of nitrogens with one attached hydrogen (secondary N) is 1. The smallest absolute Gasteiger partial charge is 0.314 e. The molecule has 1 aliphatic rings. The van der Waals surface area contributed by atoms with Crippen molar-refractivity contribution in [1.29, 1.82) is 0 Å². The van der Waals surface area contributed by atoms with E-state index in [0.717, 1.165) is 0 Å². The van der Waals surface area contributed by atoms with Crippen molar-refractivity contribution in [3.63, 3.8) is 0 Å². The van der Waals surface area contributed by atoms with E-state index in [0.29, 0.717) is 32.7 Å². The van der Waals surface area contributed by atoms with Crippen molar-refractivity contribution < 1.29 is 13.2 Å². The van der Waals surface area contributed by atoms with Gasteiger partial charge in [0.1, 0.15) is 6.54 Å². The summed E-state index contributed by atoms with van der Waals surface area (Å²) in [5.74, 6) is 0. The molecule has 0 bridgehead atoms. The standard InChI is InChI=1S/C6H10F3N2/c7-6(8,9)5-11-3-1-10-2-4-11/h5,10H,1-4H2. The van der Waals surface area contributed by atoms with Gasteiger partial charge in [-0.2, -0.15) is 13.2 Å².